The van der Waals surface area contributed by atoms with Crippen LogP contribution in [0.1, 0.15) is 33.3 Å². The van der Waals surface area contributed by atoms with Gasteiger partial charge in [0, 0.05) is 23.8 Å². The van der Waals surface area contributed by atoms with E-state index in [-0.39, 0.29) is 12.4 Å². The second-order valence-electron chi connectivity index (χ2n) is 6.45. The number of benzene rings is 1. The average molecular weight is 400 g/mol. The molecule has 0 bridgehead atoms. The molecule has 1 aromatic carbocycles. The Bertz CT molecular complexity index is 978. The number of carbonyl (C=O) groups excluding carboxylic acids is 2. The molecule has 0 saturated carbocycles. The van der Waals surface area contributed by atoms with Gasteiger partial charge in [0.15, 0.2) is 6.10 Å². The molecule has 0 spiro atoms. The van der Waals surface area contributed by atoms with Gasteiger partial charge in [0.25, 0.3) is 5.91 Å². The molecule has 2 aromatic heterocycles. The molecule has 5 nitrogen and oxygen atoms in total. The van der Waals surface area contributed by atoms with Gasteiger partial charge in [-0.3, -0.25) is 4.79 Å². The lowest BCUT2D eigenvalue weighted by molar-refractivity contribution is -0.129. The summed E-state index contributed by atoms with van der Waals surface area (Å²) in [4.78, 5) is 26.1. The number of nitrogens with zero attached hydrogens (tertiary/aromatic N) is 1. The number of aromatic nitrogens is 1. The number of hydrogen-bond donors (Lipinski definition) is 1. The Balaban J connectivity index is 1.67. The van der Waals surface area contributed by atoms with Gasteiger partial charge in [-0.15, -0.1) is 11.3 Å². The maximum atomic E-state index is 12.9. The number of ether oxygens (including phenoxy) is 1. The number of esters is 1. The summed E-state index contributed by atoms with van der Waals surface area (Å²) in [6.07, 6.45) is 2.77. The summed E-state index contributed by atoms with van der Waals surface area (Å²) in [5.74, 6) is -1.28. The molecule has 0 aliphatic rings. The van der Waals surface area contributed by atoms with Gasteiger partial charge in [-0.25, -0.2) is 9.18 Å². The van der Waals surface area contributed by atoms with Gasteiger partial charge in [-0.2, -0.15) is 0 Å². The molecule has 2 heterocycles. The van der Waals surface area contributed by atoms with Crippen molar-refractivity contribution in [3.05, 3.63) is 76.2 Å². The van der Waals surface area contributed by atoms with Crippen LogP contribution in [0.3, 0.4) is 0 Å². The third kappa shape index (κ3) is 4.31. The Labute approximate surface area is 166 Å². The molecule has 1 amide bonds. The molecule has 0 aliphatic heterocycles. The van der Waals surface area contributed by atoms with E-state index in [4.69, 9.17) is 4.74 Å². The highest BCUT2D eigenvalue weighted by molar-refractivity contribution is 7.15. The Kier molecular flexibility index (Phi) is 5.94. The van der Waals surface area contributed by atoms with E-state index in [1.807, 2.05) is 42.9 Å². The topological polar surface area (TPSA) is 60.3 Å². The van der Waals surface area contributed by atoms with Gasteiger partial charge < -0.3 is 14.6 Å². The van der Waals surface area contributed by atoms with E-state index in [1.165, 1.54) is 30.4 Å². The van der Waals surface area contributed by atoms with Crippen molar-refractivity contribution in [1.29, 1.82) is 0 Å². The van der Waals surface area contributed by atoms with Crippen LogP contribution < -0.4 is 5.32 Å². The predicted octanol–water partition coefficient (Wildman–Crippen LogP) is 4.16. The summed E-state index contributed by atoms with van der Waals surface area (Å²) in [5.41, 5.74) is 2.07. The first-order valence-corrected chi connectivity index (χ1v) is 9.65. The fourth-order valence-corrected chi connectivity index (χ4v) is 3.82. The molecule has 0 fully saturated rings. The maximum absolute atomic E-state index is 12.9. The normalized spacial score (nSPS) is 11.9. The summed E-state index contributed by atoms with van der Waals surface area (Å²) in [5, 5.41) is 3.46. The Morgan fingerprint density at radius 2 is 1.82 bits per heavy atom. The molecule has 3 aromatic rings. The summed E-state index contributed by atoms with van der Waals surface area (Å²) in [6.45, 7) is 5.57. The van der Waals surface area contributed by atoms with Gasteiger partial charge in [0.1, 0.15) is 10.8 Å². The van der Waals surface area contributed by atoms with E-state index in [1.54, 1.807) is 12.1 Å². The molecule has 0 radical (unpaired) electrons. The van der Waals surface area contributed by atoms with Crippen LogP contribution >= 0.6 is 11.3 Å². The number of aryl methyl sites for hydroxylation is 1. The minimum absolute atomic E-state index is 0.228. The van der Waals surface area contributed by atoms with E-state index in [2.05, 4.69) is 5.32 Å². The lowest BCUT2D eigenvalue weighted by Gasteiger charge is -2.14. The molecule has 7 heteroatoms. The van der Waals surface area contributed by atoms with Crippen molar-refractivity contribution in [1.82, 2.24) is 9.88 Å². The van der Waals surface area contributed by atoms with Crippen LogP contribution in [-0.4, -0.2) is 22.5 Å². The van der Waals surface area contributed by atoms with Crippen LogP contribution in [0.2, 0.25) is 0 Å². The number of nitrogens with one attached hydrogen (secondary N) is 1. The number of carbonyl (C=O) groups is 2. The standard InChI is InChI=1S/C21H21FN2O3S/c1-13-15(3)28-20(24-10-4-5-11-24)18(13)21(26)27-14(2)19(25)23-12-16-6-8-17(22)9-7-16/h4-11,14H,12H2,1-3H3,(H,23,25)/t14-/m0/s1. The molecule has 0 unspecified atom stereocenters. The molecule has 0 saturated heterocycles. The monoisotopic (exact) mass is 400 g/mol. The van der Waals surface area contributed by atoms with Crippen LogP contribution in [0.5, 0.6) is 0 Å². The predicted molar refractivity (Wildman–Crippen MR) is 106 cm³/mol. The largest absolute Gasteiger partial charge is 0.449 e. The second kappa shape index (κ2) is 8.39. The van der Waals surface area contributed by atoms with Crippen molar-refractivity contribution in [3.63, 3.8) is 0 Å². The Hall–Kier alpha value is -2.93. The lowest BCUT2D eigenvalue weighted by Crippen LogP contribution is -2.35. The van der Waals surface area contributed by atoms with E-state index in [9.17, 15) is 14.0 Å². The van der Waals surface area contributed by atoms with Crippen LogP contribution in [0.15, 0.2) is 48.8 Å². The quantitative estimate of drug-likeness (QED) is 0.632. The number of rotatable bonds is 6. The number of amides is 1. The summed E-state index contributed by atoms with van der Waals surface area (Å²) in [7, 11) is 0. The second-order valence-corrected chi connectivity index (χ2v) is 7.65. The van der Waals surface area contributed by atoms with Crippen molar-refractivity contribution in [2.24, 2.45) is 0 Å². The number of halogens is 1. The number of hydrogen-bond acceptors (Lipinski definition) is 4. The van der Waals surface area contributed by atoms with E-state index < -0.39 is 18.0 Å². The first-order valence-electron chi connectivity index (χ1n) is 8.83. The highest BCUT2D eigenvalue weighted by atomic mass is 32.1. The highest BCUT2D eigenvalue weighted by Crippen LogP contribution is 2.31. The van der Waals surface area contributed by atoms with Crippen LogP contribution in [-0.2, 0) is 16.1 Å². The zero-order valence-corrected chi connectivity index (χ0v) is 16.7. The zero-order valence-electron chi connectivity index (χ0n) is 15.9. The third-order valence-corrected chi connectivity index (χ3v) is 5.66. The van der Waals surface area contributed by atoms with Crippen molar-refractivity contribution < 1.29 is 18.7 Å². The molecular formula is C21H21FN2O3S. The zero-order chi connectivity index (χ0) is 20.3. The molecular weight excluding hydrogens is 379 g/mol. The van der Waals surface area contributed by atoms with Crippen molar-refractivity contribution >= 4 is 23.2 Å². The minimum Gasteiger partial charge on any atom is -0.449 e. The Morgan fingerprint density at radius 3 is 2.46 bits per heavy atom. The smallest absolute Gasteiger partial charge is 0.342 e. The minimum atomic E-state index is -0.954. The van der Waals surface area contributed by atoms with Crippen LogP contribution in [0.25, 0.3) is 5.00 Å². The van der Waals surface area contributed by atoms with E-state index >= 15 is 0 Å². The summed E-state index contributed by atoms with van der Waals surface area (Å²) in [6, 6.07) is 9.60. The lowest BCUT2D eigenvalue weighted by atomic mass is 10.1. The van der Waals surface area contributed by atoms with Gasteiger partial charge in [0.2, 0.25) is 0 Å². The van der Waals surface area contributed by atoms with Crippen molar-refractivity contribution in [2.75, 3.05) is 0 Å². The molecule has 3 rings (SSSR count). The first-order chi connectivity index (χ1) is 13.4. The third-order valence-electron chi connectivity index (χ3n) is 4.44. The molecule has 146 valence electrons. The Morgan fingerprint density at radius 1 is 1.18 bits per heavy atom. The summed E-state index contributed by atoms with van der Waals surface area (Å²) < 4.78 is 20.2. The first kappa shape index (κ1) is 19.8. The fourth-order valence-electron chi connectivity index (χ4n) is 2.71. The molecule has 1 atom stereocenters. The van der Waals surface area contributed by atoms with Gasteiger partial charge in [-0.1, -0.05) is 12.1 Å². The maximum Gasteiger partial charge on any atom is 0.342 e. The van der Waals surface area contributed by atoms with E-state index in [0.29, 0.717) is 5.56 Å². The highest BCUT2D eigenvalue weighted by Gasteiger charge is 2.25. The van der Waals surface area contributed by atoms with Gasteiger partial charge in [0.05, 0.1) is 5.56 Å². The summed E-state index contributed by atoms with van der Waals surface area (Å²) >= 11 is 1.50. The van der Waals surface area contributed by atoms with Crippen LogP contribution in [0, 0.1) is 19.7 Å². The fraction of sp³-hybridized carbons (Fsp3) is 0.238. The van der Waals surface area contributed by atoms with Gasteiger partial charge >= 0.3 is 5.97 Å². The van der Waals surface area contributed by atoms with Gasteiger partial charge in [-0.05, 0) is 56.2 Å². The van der Waals surface area contributed by atoms with Crippen molar-refractivity contribution in [3.8, 4) is 5.00 Å². The molecule has 0 aliphatic carbocycles. The van der Waals surface area contributed by atoms with Crippen LogP contribution in [0.4, 0.5) is 4.39 Å². The molecule has 1 N–H and O–H groups in total. The van der Waals surface area contributed by atoms with E-state index in [0.717, 1.165) is 21.0 Å². The average Bonchev–Trinajstić information content (AvgIpc) is 3.29. The SMILES string of the molecule is Cc1sc(-n2cccc2)c(C(=O)O[C@@H](C)C(=O)NCc2ccc(F)cc2)c1C. The molecule has 28 heavy (non-hydrogen) atoms. The number of thiophene rings is 1. The van der Waals surface area contributed by atoms with Crippen molar-refractivity contribution in [2.45, 2.75) is 33.4 Å².